The van der Waals surface area contributed by atoms with E-state index in [1.54, 1.807) is 42.5 Å². The van der Waals surface area contributed by atoms with E-state index in [9.17, 15) is 18.0 Å². The van der Waals surface area contributed by atoms with E-state index in [2.05, 4.69) is 4.90 Å². The van der Waals surface area contributed by atoms with Crippen molar-refractivity contribution in [2.45, 2.75) is 31.3 Å². The molecule has 0 atom stereocenters. The zero-order chi connectivity index (χ0) is 30.1. The van der Waals surface area contributed by atoms with Gasteiger partial charge in [0.05, 0.1) is 17.6 Å². The highest BCUT2D eigenvalue weighted by Crippen LogP contribution is 2.20. The summed E-state index contributed by atoms with van der Waals surface area (Å²) in [6, 6.07) is 22.6. The molecule has 3 aromatic carbocycles. The summed E-state index contributed by atoms with van der Waals surface area (Å²) in [4.78, 5) is 32.2. The fraction of sp³-hybridized carbons (Fsp3) is 0.375. The predicted octanol–water partition coefficient (Wildman–Crippen LogP) is 4.57. The van der Waals surface area contributed by atoms with Gasteiger partial charge >= 0.3 is 0 Å². The highest BCUT2D eigenvalue weighted by atomic mass is 35.5. The van der Waals surface area contributed by atoms with Gasteiger partial charge in [0.25, 0.3) is 5.91 Å². The number of hydrogen-bond acceptors (Lipinski definition) is 6. The number of anilines is 1. The number of hydrogen-bond donors (Lipinski definition) is 0. The van der Waals surface area contributed by atoms with Gasteiger partial charge in [0, 0.05) is 55.5 Å². The number of amides is 2. The standard InChI is InChI=1S/C32H38ClN3O5S/c1-25(2)41-23-22-36(31(37)24-42(39,40)30-6-4-3-5-7-30)29-14-10-27(11-15-29)32(38)35-20-18-34(19-21-35)17-16-26-8-12-28(33)13-9-26/h3-15,25H,16-24H2,1-2H3. The fourth-order valence-electron chi connectivity index (χ4n) is 4.81. The van der Waals surface area contributed by atoms with Crippen LogP contribution in [0, 0.1) is 0 Å². The maximum Gasteiger partial charge on any atom is 0.253 e. The van der Waals surface area contributed by atoms with Crippen LogP contribution >= 0.6 is 11.6 Å². The maximum absolute atomic E-state index is 13.3. The van der Waals surface area contributed by atoms with Gasteiger partial charge in [-0.25, -0.2) is 8.42 Å². The topological polar surface area (TPSA) is 87.2 Å². The zero-order valence-electron chi connectivity index (χ0n) is 24.1. The third-order valence-corrected chi connectivity index (χ3v) is 9.07. The Balaban J connectivity index is 1.37. The molecule has 0 spiro atoms. The number of carbonyl (C=O) groups is 2. The van der Waals surface area contributed by atoms with Crippen molar-refractivity contribution in [3.63, 3.8) is 0 Å². The lowest BCUT2D eigenvalue weighted by molar-refractivity contribution is -0.116. The van der Waals surface area contributed by atoms with E-state index in [0.717, 1.165) is 31.1 Å². The van der Waals surface area contributed by atoms with E-state index in [1.165, 1.54) is 22.6 Å². The SMILES string of the molecule is CC(C)OCCN(C(=O)CS(=O)(=O)c1ccccc1)c1ccc(C(=O)N2CCN(CCc3ccc(Cl)cc3)CC2)cc1. The predicted molar refractivity (Wildman–Crippen MR) is 166 cm³/mol. The first kappa shape index (κ1) is 31.7. The van der Waals surface area contributed by atoms with Crippen LogP contribution in [-0.4, -0.2) is 87.8 Å². The Morgan fingerprint density at radius 1 is 0.905 bits per heavy atom. The van der Waals surface area contributed by atoms with Gasteiger partial charge in [-0.05, 0) is 74.4 Å². The normalized spacial score (nSPS) is 14.2. The molecule has 0 radical (unpaired) electrons. The average Bonchev–Trinajstić information content (AvgIpc) is 2.99. The van der Waals surface area contributed by atoms with E-state index >= 15 is 0 Å². The largest absolute Gasteiger partial charge is 0.377 e. The van der Waals surface area contributed by atoms with Gasteiger partial charge in [0.1, 0.15) is 5.75 Å². The van der Waals surface area contributed by atoms with Crippen molar-refractivity contribution in [3.05, 3.63) is 95.0 Å². The highest BCUT2D eigenvalue weighted by molar-refractivity contribution is 7.92. The number of rotatable bonds is 12. The first-order chi connectivity index (χ1) is 20.1. The van der Waals surface area contributed by atoms with E-state index in [1.807, 2.05) is 43.0 Å². The summed E-state index contributed by atoms with van der Waals surface area (Å²) in [5, 5.41) is 0.731. The van der Waals surface area contributed by atoms with Crippen molar-refractivity contribution in [1.29, 1.82) is 0 Å². The van der Waals surface area contributed by atoms with Crippen LogP contribution in [0.25, 0.3) is 0 Å². The first-order valence-corrected chi connectivity index (χ1v) is 16.2. The lowest BCUT2D eigenvalue weighted by Crippen LogP contribution is -2.49. The molecule has 0 saturated carbocycles. The summed E-state index contributed by atoms with van der Waals surface area (Å²) in [7, 11) is -3.82. The molecule has 0 aromatic heterocycles. The van der Waals surface area contributed by atoms with Crippen LogP contribution in [0.2, 0.25) is 5.02 Å². The Morgan fingerprint density at radius 3 is 2.17 bits per heavy atom. The lowest BCUT2D eigenvalue weighted by atomic mass is 10.1. The monoisotopic (exact) mass is 611 g/mol. The molecule has 1 aliphatic heterocycles. The van der Waals surface area contributed by atoms with Crippen LogP contribution in [0.5, 0.6) is 0 Å². The Morgan fingerprint density at radius 2 is 1.55 bits per heavy atom. The first-order valence-electron chi connectivity index (χ1n) is 14.2. The number of ether oxygens (including phenoxy) is 1. The molecule has 10 heteroatoms. The second-order valence-electron chi connectivity index (χ2n) is 10.6. The summed E-state index contributed by atoms with van der Waals surface area (Å²) in [6.07, 6.45) is 0.893. The van der Waals surface area contributed by atoms with Crippen LogP contribution in [0.3, 0.4) is 0 Å². The van der Waals surface area contributed by atoms with Crippen molar-refractivity contribution in [2.75, 3.05) is 56.5 Å². The van der Waals surface area contributed by atoms with Crippen molar-refractivity contribution in [3.8, 4) is 0 Å². The Hall–Kier alpha value is -3.24. The summed E-state index contributed by atoms with van der Waals surface area (Å²) in [5.41, 5.74) is 2.27. The van der Waals surface area contributed by atoms with Crippen LogP contribution in [0.1, 0.15) is 29.8 Å². The fourth-order valence-corrected chi connectivity index (χ4v) is 6.15. The van der Waals surface area contributed by atoms with Gasteiger partial charge in [0.2, 0.25) is 5.91 Å². The minimum absolute atomic E-state index is 0.0343. The van der Waals surface area contributed by atoms with Gasteiger partial charge in [-0.2, -0.15) is 0 Å². The van der Waals surface area contributed by atoms with Crippen molar-refractivity contribution in [2.24, 2.45) is 0 Å². The van der Waals surface area contributed by atoms with E-state index in [-0.39, 0.29) is 30.1 Å². The molecule has 8 nitrogen and oxygen atoms in total. The smallest absolute Gasteiger partial charge is 0.253 e. The molecule has 4 rings (SSSR count). The molecule has 1 aliphatic rings. The quantitative estimate of drug-likeness (QED) is 0.298. The number of piperazine rings is 1. The third-order valence-electron chi connectivity index (χ3n) is 7.20. The zero-order valence-corrected chi connectivity index (χ0v) is 25.7. The van der Waals surface area contributed by atoms with Crippen LogP contribution in [0.15, 0.2) is 83.8 Å². The molecule has 2 amide bonds. The molecule has 3 aromatic rings. The minimum atomic E-state index is -3.82. The van der Waals surface area contributed by atoms with Crippen LogP contribution in [0.4, 0.5) is 5.69 Å². The van der Waals surface area contributed by atoms with Gasteiger partial charge in [0.15, 0.2) is 9.84 Å². The van der Waals surface area contributed by atoms with Crippen LogP contribution in [-0.2, 0) is 25.8 Å². The molecule has 1 heterocycles. The number of nitrogens with zero attached hydrogens (tertiary/aromatic N) is 3. The van der Waals surface area contributed by atoms with Crippen LogP contribution < -0.4 is 4.90 Å². The summed E-state index contributed by atoms with van der Waals surface area (Å²) < 4.78 is 31.4. The summed E-state index contributed by atoms with van der Waals surface area (Å²) in [5.74, 6) is -1.28. The molecule has 0 aliphatic carbocycles. The van der Waals surface area contributed by atoms with Crippen molar-refractivity contribution in [1.82, 2.24) is 9.80 Å². The average molecular weight is 612 g/mol. The molecule has 0 bridgehead atoms. The van der Waals surface area contributed by atoms with Gasteiger partial charge in [-0.3, -0.25) is 14.5 Å². The van der Waals surface area contributed by atoms with Gasteiger partial charge < -0.3 is 14.5 Å². The van der Waals surface area contributed by atoms with E-state index in [4.69, 9.17) is 16.3 Å². The molecule has 42 heavy (non-hydrogen) atoms. The molecule has 224 valence electrons. The van der Waals surface area contributed by atoms with Crippen molar-refractivity contribution < 1.29 is 22.7 Å². The number of carbonyl (C=O) groups excluding carboxylic acids is 2. The molecular weight excluding hydrogens is 574 g/mol. The van der Waals surface area contributed by atoms with Crippen molar-refractivity contribution >= 4 is 38.9 Å². The Labute approximate surface area is 253 Å². The summed E-state index contributed by atoms with van der Waals surface area (Å²) >= 11 is 5.98. The molecular formula is C32H38ClN3O5S. The Kier molecular flexibility index (Phi) is 11.2. The third kappa shape index (κ3) is 8.88. The van der Waals surface area contributed by atoms with Gasteiger partial charge in [-0.1, -0.05) is 41.9 Å². The maximum atomic E-state index is 13.3. The second kappa shape index (κ2) is 14.8. The number of sulfone groups is 1. The second-order valence-corrected chi connectivity index (χ2v) is 13.0. The summed E-state index contributed by atoms with van der Waals surface area (Å²) in [6.45, 7) is 8.01. The number of benzene rings is 3. The van der Waals surface area contributed by atoms with E-state index < -0.39 is 21.5 Å². The van der Waals surface area contributed by atoms with Gasteiger partial charge in [-0.15, -0.1) is 0 Å². The highest BCUT2D eigenvalue weighted by Gasteiger charge is 2.26. The molecule has 1 fully saturated rings. The minimum Gasteiger partial charge on any atom is -0.377 e. The van der Waals surface area contributed by atoms with E-state index in [0.29, 0.717) is 24.3 Å². The Bertz CT molecular complexity index is 1420. The molecule has 1 saturated heterocycles. The molecule has 0 N–H and O–H groups in total. The number of halogens is 1. The molecule has 0 unspecified atom stereocenters. The lowest BCUT2D eigenvalue weighted by Gasteiger charge is -2.35.